The predicted octanol–water partition coefficient (Wildman–Crippen LogP) is 0.884. The van der Waals surface area contributed by atoms with Gasteiger partial charge >= 0.3 is 6.03 Å². The molecule has 6 nitrogen and oxygen atoms in total. The number of nitrogens with two attached hydrogens (primary N) is 2. The number of hydrogen-bond donors (Lipinski definition) is 3. The van der Waals surface area contributed by atoms with Gasteiger partial charge in [-0.3, -0.25) is 10.1 Å². The van der Waals surface area contributed by atoms with Crippen LogP contribution < -0.4 is 21.5 Å². The number of urea groups is 1. The van der Waals surface area contributed by atoms with E-state index in [0.29, 0.717) is 16.5 Å². The Morgan fingerprint density at radius 2 is 2.12 bits per heavy atom. The number of anilines is 1. The summed E-state index contributed by atoms with van der Waals surface area (Å²) in [5.74, 6) is -0.262. The first-order valence-electron chi connectivity index (χ1n) is 4.72. The van der Waals surface area contributed by atoms with Crippen molar-refractivity contribution >= 4 is 29.2 Å². The molecule has 17 heavy (non-hydrogen) atoms. The van der Waals surface area contributed by atoms with Crippen molar-refractivity contribution in [2.45, 2.75) is 13.0 Å². The number of amides is 3. The maximum atomic E-state index is 11.3. The van der Waals surface area contributed by atoms with E-state index < -0.39 is 18.0 Å². The van der Waals surface area contributed by atoms with Gasteiger partial charge in [-0.1, -0.05) is 11.6 Å². The highest BCUT2D eigenvalue weighted by molar-refractivity contribution is 6.33. The Balaban J connectivity index is 2.67. The van der Waals surface area contributed by atoms with Crippen LogP contribution in [0.5, 0.6) is 5.75 Å². The third-order valence-corrected chi connectivity index (χ3v) is 2.23. The molecule has 92 valence electrons. The Morgan fingerprint density at radius 3 is 2.65 bits per heavy atom. The monoisotopic (exact) mass is 257 g/mol. The van der Waals surface area contributed by atoms with Gasteiger partial charge in [-0.05, 0) is 19.1 Å². The van der Waals surface area contributed by atoms with Crippen molar-refractivity contribution in [3.05, 3.63) is 23.2 Å². The minimum atomic E-state index is -0.930. The Labute approximate surface area is 103 Å². The molecular weight excluding hydrogens is 246 g/mol. The normalized spacial score (nSPS) is 11.6. The highest BCUT2D eigenvalue weighted by Crippen LogP contribution is 2.24. The van der Waals surface area contributed by atoms with Gasteiger partial charge in [-0.15, -0.1) is 0 Å². The van der Waals surface area contributed by atoms with Crippen molar-refractivity contribution in [2.75, 3.05) is 5.73 Å². The van der Waals surface area contributed by atoms with Gasteiger partial charge in [-0.2, -0.15) is 0 Å². The molecule has 0 aliphatic rings. The van der Waals surface area contributed by atoms with Crippen molar-refractivity contribution in [3.63, 3.8) is 0 Å². The molecule has 1 unspecified atom stereocenters. The fourth-order valence-electron chi connectivity index (χ4n) is 1.06. The number of ether oxygens (including phenoxy) is 1. The summed E-state index contributed by atoms with van der Waals surface area (Å²) in [5.41, 5.74) is 10.7. The summed E-state index contributed by atoms with van der Waals surface area (Å²) >= 11 is 5.78. The van der Waals surface area contributed by atoms with Gasteiger partial charge < -0.3 is 16.2 Å². The fourth-order valence-corrected chi connectivity index (χ4v) is 1.23. The highest BCUT2D eigenvalue weighted by atomic mass is 35.5. The maximum Gasteiger partial charge on any atom is 0.318 e. The van der Waals surface area contributed by atoms with Crippen LogP contribution in [0.1, 0.15) is 6.92 Å². The van der Waals surface area contributed by atoms with E-state index in [1.807, 2.05) is 5.32 Å². The lowest BCUT2D eigenvalue weighted by Gasteiger charge is -2.13. The zero-order valence-electron chi connectivity index (χ0n) is 9.07. The van der Waals surface area contributed by atoms with E-state index in [1.165, 1.54) is 13.0 Å². The summed E-state index contributed by atoms with van der Waals surface area (Å²) in [5, 5.41) is 2.23. The van der Waals surface area contributed by atoms with Crippen LogP contribution in [0.25, 0.3) is 0 Å². The average Bonchev–Trinajstić information content (AvgIpc) is 2.22. The lowest BCUT2D eigenvalue weighted by Crippen LogP contribution is -2.42. The number of nitrogens with one attached hydrogen (secondary N) is 1. The van der Waals surface area contributed by atoms with E-state index >= 15 is 0 Å². The van der Waals surface area contributed by atoms with E-state index in [4.69, 9.17) is 27.8 Å². The molecule has 1 aromatic rings. The van der Waals surface area contributed by atoms with Gasteiger partial charge in [-0.25, -0.2) is 4.79 Å². The Bertz CT molecular complexity index is 450. The molecule has 1 rings (SSSR count). The third-order valence-electron chi connectivity index (χ3n) is 1.90. The smallest absolute Gasteiger partial charge is 0.318 e. The number of benzene rings is 1. The molecule has 7 heteroatoms. The molecule has 0 aliphatic carbocycles. The fraction of sp³-hybridized carbons (Fsp3) is 0.200. The SMILES string of the molecule is CC(Oc1ccc(N)c(Cl)c1)C(=O)NC(N)=O. The van der Waals surface area contributed by atoms with Gasteiger partial charge in [0.15, 0.2) is 6.10 Å². The summed E-state index contributed by atoms with van der Waals surface area (Å²) in [4.78, 5) is 21.8. The maximum absolute atomic E-state index is 11.3. The second-order valence-electron chi connectivity index (χ2n) is 3.30. The van der Waals surface area contributed by atoms with Crippen LogP contribution in [0.4, 0.5) is 10.5 Å². The van der Waals surface area contributed by atoms with Gasteiger partial charge in [0, 0.05) is 6.07 Å². The minimum Gasteiger partial charge on any atom is -0.481 e. The predicted molar refractivity (Wildman–Crippen MR) is 63.7 cm³/mol. The van der Waals surface area contributed by atoms with Gasteiger partial charge in [0.2, 0.25) is 0 Å². The van der Waals surface area contributed by atoms with E-state index in [1.54, 1.807) is 12.1 Å². The Morgan fingerprint density at radius 1 is 1.47 bits per heavy atom. The van der Waals surface area contributed by atoms with Crippen LogP contribution in [-0.2, 0) is 4.79 Å². The van der Waals surface area contributed by atoms with Crippen LogP contribution in [-0.4, -0.2) is 18.0 Å². The lowest BCUT2D eigenvalue weighted by atomic mass is 10.3. The summed E-state index contributed by atoms with van der Waals surface area (Å²) in [6.07, 6.45) is -0.873. The Kier molecular flexibility index (Phi) is 4.17. The number of primary amides is 1. The second kappa shape index (κ2) is 5.40. The summed E-state index contributed by atoms with van der Waals surface area (Å²) in [6, 6.07) is 3.66. The van der Waals surface area contributed by atoms with Crippen molar-refractivity contribution in [3.8, 4) is 5.75 Å². The number of hydrogen-bond acceptors (Lipinski definition) is 4. The molecule has 0 heterocycles. The first kappa shape index (κ1) is 13.1. The molecule has 0 bridgehead atoms. The lowest BCUT2D eigenvalue weighted by molar-refractivity contribution is -0.126. The number of carbonyl (C=O) groups excluding carboxylic acids is 2. The standard InChI is InChI=1S/C10H12ClN3O3/c1-5(9(15)14-10(13)16)17-6-2-3-8(12)7(11)4-6/h2-5H,12H2,1H3,(H3,13,14,15,16). The minimum absolute atomic E-state index is 0.324. The van der Waals surface area contributed by atoms with Gasteiger partial charge in [0.05, 0.1) is 10.7 Å². The van der Waals surface area contributed by atoms with E-state index in [2.05, 4.69) is 0 Å². The molecule has 5 N–H and O–H groups in total. The number of imide groups is 1. The van der Waals surface area contributed by atoms with Crippen LogP contribution in [0, 0.1) is 0 Å². The number of carbonyl (C=O) groups is 2. The first-order valence-corrected chi connectivity index (χ1v) is 5.10. The van der Waals surface area contributed by atoms with Crippen molar-refractivity contribution in [1.29, 1.82) is 0 Å². The molecule has 0 fully saturated rings. The van der Waals surface area contributed by atoms with E-state index in [9.17, 15) is 9.59 Å². The molecule has 0 spiro atoms. The van der Waals surface area contributed by atoms with Gasteiger partial charge in [0.1, 0.15) is 5.75 Å². The molecule has 0 saturated carbocycles. The summed E-state index contributed by atoms with van der Waals surface area (Å²) < 4.78 is 5.25. The van der Waals surface area contributed by atoms with E-state index in [0.717, 1.165) is 0 Å². The third kappa shape index (κ3) is 3.84. The van der Waals surface area contributed by atoms with Crippen LogP contribution in [0.15, 0.2) is 18.2 Å². The zero-order valence-corrected chi connectivity index (χ0v) is 9.82. The van der Waals surface area contributed by atoms with Crippen LogP contribution in [0.2, 0.25) is 5.02 Å². The second-order valence-corrected chi connectivity index (χ2v) is 3.70. The van der Waals surface area contributed by atoms with Gasteiger partial charge in [0.25, 0.3) is 5.91 Å². The van der Waals surface area contributed by atoms with Crippen LogP contribution in [0.3, 0.4) is 0 Å². The van der Waals surface area contributed by atoms with Crippen molar-refractivity contribution in [2.24, 2.45) is 5.73 Å². The highest BCUT2D eigenvalue weighted by Gasteiger charge is 2.16. The molecular formula is C10H12ClN3O3. The largest absolute Gasteiger partial charge is 0.481 e. The van der Waals surface area contributed by atoms with Crippen molar-refractivity contribution < 1.29 is 14.3 Å². The number of nitrogen functional groups attached to an aromatic ring is 1. The molecule has 0 radical (unpaired) electrons. The summed E-state index contributed by atoms with van der Waals surface area (Å²) in [7, 11) is 0. The molecule has 1 aromatic carbocycles. The Hall–Kier alpha value is -1.95. The van der Waals surface area contributed by atoms with Crippen molar-refractivity contribution in [1.82, 2.24) is 5.32 Å². The molecule has 1 atom stereocenters. The molecule has 3 amide bonds. The number of rotatable bonds is 3. The molecule has 0 aromatic heterocycles. The molecule has 0 aliphatic heterocycles. The first-order chi connectivity index (χ1) is 7.90. The molecule has 0 saturated heterocycles. The van der Waals surface area contributed by atoms with Crippen LogP contribution >= 0.6 is 11.6 Å². The average molecular weight is 258 g/mol. The topological polar surface area (TPSA) is 107 Å². The zero-order chi connectivity index (χ0) is 13.0. The number of halogens is 1. The van der Waals surface area contributed by atoms with E-state index in [-0.39, 0.29) is 0 Å². The quantitative estimate of drug-likeness (QED) is 0.699. The summed E-state index contributed by atoms with van der Waals surface area (Å²) in [6.45, 7) is 1.47.